The SMILES string of the molecule is Cn1cc(-c2cc(-c3ccc(N4CCN(C(=O)Cc5ccccc5Cl)CC4)nc3)c3cncnc3c2)cn1. The molecule has 0 N–H and O–H groups in total. The zero-order valence-corrected chi connectivity index (χ0v) is 21.7. The highest BCUT2D eigenvalue weighted by Gasteiger charge is 2.22. The molecule has 9 heteroatoms. The smallest absolute Gasteiger partial charge is 0.227 e. The molecule has 8 nitrogen and oxygen atoms in total. The van der Waals surface area contributed by atoms with Crippen LogP contribution in [-0.4, -0.2) is 61.7 Å². The van der Waals surface area contributed by atoms with Crippen LogP contribution in [0.5, 0.6) is 0 Å². The number of amides is 1. The zero-order valence-electron chi connectivity index (χ0n) is 21.0. The second-order valence-electron chi connectivity index (χ2n) is 9.42. The van der Waals surface area contributed by atoms with Crippen molar-refractivity contribution in [3.05, 3.63) is 90.2 Å². The number of hydrogen-bond donors (Lipinski definition) is 0. The van der Waals surface area contributed by atoms with Crippen molar-refractivity contribution in [1.82, 2.24) is 29.6 Å². The average molecular weight is 524 g/mol. The van der Waals surface area contributed by atoms with Crippen LogP contribution in [0, 0.1) is 0 Å². The van der Waals surface area contributed by atoms with Gasteiger partial charge in [-0.3, -0.25) is 9.48 Å². The first-order chi connectivity index (χ1) is 18.5. The van der Waals surface area contributed by atoms with E-state index in [9.17, 15) is 4.79 Å². The van der Waals surface area contributed by atoms with Crippen LogP contribution in [0.1, 0.15) is 5.56 Å². The molecule has 1 fully saturated rings. The van der Waals surface area contributed by atoms with Gasteiger partial charge in [0, 0.05) is 73.4 Å². The summed E-state index contributed by atoms with van der Waals surface area (Å²) in [5.41, 5.74) is 5.83. The number of nitrogens with zero attached hydrogens (tertiary/aromatic N) is 7. The van der Waals surface area contributed by atoms with Crippen molar-refractivity contribution in [3.8, 4) is 22.3 Å². The molecule has 1 aliphatic rings. The topological polar surface area (TPSA) is 80.0 Å². The molecule has 1 saturated heterocycles. The third-order valence-corrected chi connectivity index (χ3v) is 7.35. The summed E-state index contributed by atoms with van der Waals surface area (Å²) in [4.78, 5) is 30.5. The van der Waals surface area contributed by atoms with Crippen molar-refractivity contribution in [1.29, 1.82) is 0 Å². The number of aromatic nitrogens is 5. The van der Waals surface area contributed by atoms with E-state index in [-0.39, 0.29) is 5.91 Å². The molecule has 4 heterocycles. The van der Waals surface area contributed by atoms with Gasteiger partial charge in [-0.2, -0.15) is 5.10 Å². The quantitative estimate of drug-likeness (QED) is 0.334. The van der Waals surface area contributed by atoms with Gasteiger partial charge in [0.2, 0.25) is 5.91 Å². The second kappa shape index (κ2) is 10.2. The van der Waals surface area contributed by atoms with Gasteiger partial charge in [0.1, 0.15) is 12.1 Å². The number of carbonyl (C=O) groups is 1. The summed E-state index contributed by atoms with van der Waals surface area (Å²) >= 11 is 6.24. The maximum absolute atomic E-state index is 12.8. The molecular weight excluding hydrogens is 498 g/mol. The lowest BCUT2D eigenvalue weighted by Gasteiger charge is -2.35. The van der Waals surface area contributed by atoms with Crippen LogP contribution in [0.3, 0.4) is 0 Å². The summed E-state index contributed by atoms with van der Waals surface area (Å²) < 4.78 is 1.79. The van der Waals surface area contributed by atoms with E-state index < -0.39 is 0 Å². The van der Waals surface area contributed by atoms with Gasteiger partial charge in [0.15, 0.2) is 0 Å². The molecule has 1 aliphatic heterocycles. The van der Waals surface area contributed by atoms with Crippen molar-refractivity contribution in [2.24, 2.45) is 7.05 Å². The van der Waals surface area contributed by atoms with Gasteiger partial charge in [-0.15, -0.1) is 0 Å². The average Bonchev–Trinajstić information content (AvgIpc) is 3.40. The number of fused-ring (bicyclic) bond motifs is 1. The molecule has 0 spiro atoms. The van der Waals surface area contributed by atoms with Gasteiger partial charge in [0.05, 0.1) is 18.1 Å². The fourth-order valence-corrected chi connectivity index (χ4v) is 5.10. The van der Waals surface area contributed by atoms with E-state index >= 15 is 0 Å². The van der Waals surface area contributed by atoms with Crippen molar-refractivity contribution in [3.63, 3.8) is 0 Å². The van der Waals surface area contributed by atoms with Gasteiger partial charge in [-0.25, -0.2) is 15.0 Å². The van der Waals surface area contributed by atoms with Crippen molar-refractivity contribution in [2.45, 2.75) is 6.42 Å². The summed E-state index contributed by atoms with van der Waals surface area (Å²) in [6.07, 6.45) is 9.48. The molecule has 0 unspecified atom stereocenters. The molecule has 0 bridgehead atoms. The molecule has 5 aromatic rings. The summed E-state index contributed by atoms with van der Waals surface area (Å²) in [6, 6.07) is 15.9. The van der Waals surface area contributed by atoms with Crippen molar-refractivity contribution >= 4 is 34.2 Å². The molecule has 38 heavy (non-hydrogen) atoms. The zero-order chi connectivity index (χ0) is 26.1. The number of aryl methyl sites for hydroxylation is 1. The first-order valence-electron chi connectivity index (χ1n) is 12.5. The third-order valence-electron chi connectivity index (χ3n) is 6.98. The predicted molar refractivity (Wildman–Crippen MR) is 149 cm³/mol. The minimum Gasteiger partial charge on any atom is -0.353 e. The molecule has 0 saturated carbocycles. The fraction of sp³-hybridized carbons (Fsp3) is 0.207. The summed E-state index contributed by atoms with van der Waals surface area (Å²) in [6.45, 7) is 2.77. The van der Waals surface area contributed by atoms with E-state index in [0.29, 0.717) is 24.5 Å². The Morgan fingerprint density at radius 3 is 2.50 bits per heavy atom. The van der Waals surface area contributed by atoms with E-state index in [0.717, 1.165) is 57.6 Å². The molecule has 0 radical (unpaired) electrons. The number of hydrogen-bond acceptors (Lipinski definition) is 6. The van der Waals surface area contributed by atoms with Crippen LogP contribution in [0.4, 0.5) is 5.82 Å². The summed E-state index contributed by atoms with van der Waals surface area (Å²) in [7, 11) is 1.91. The maximum atomic E-state index is 12.8. The number of pyridine rings is 1. The number of benzene rings is 2. The summed E-state index contributed by atoms with van der Waals surface area (Å²) in [5.74, 6) is 1.000. The Kier molecular flexibility index (Phi) is 6.47. The minimum absolute atomic E-state index is 0.101. The third kappa shape index (κ3) is 4.82. The summed E-state index contributed by atoms with van der Waals surface area (Å²) in [5, 5.41) is 5.92. The van der Waals surface area contributed by atoms with Crippen LogP contribution in [0.2, 0.25) is 5.02 Å². The minimum atomic E-state index is 0.101. The predicted octanol–water partition coefficient (Wildman–Crippen LogP) is 4.64. The second-order valence-corrected chi connectivity index (χ2v) is 9.83. The number of piperazine rings is 1. The molecule has 2 aromatic carbocycles. The Morgan fingerprint density at radius 1 is 0.921 bits per heavy atom. The Labute approximate surface area is 225 Å². The Morgan fingerprint density at radius 2 is 1.76 bits per heavy atom. The van der Waals surface area contributed by atoms with Crippen LogP contribution < -0.4 is 4.90 Å². The largest absolute Gasteiger partial charge is 0.353 e. The van der Waals surface area contributed by atoms with Crippen LogP contribution >= 0.6 is 11.6 Å². The van der Waals surface area contributed by atoms with E-state index in [1.807, 2.05) is 67.1 Å². The first kappa shape index (κ1) is 24.1. The lowest BCUT2D eigenvalue weighted by atomic mass is 9.97. The molecule has 6 rings (SSSR count). The van der Waals surface area contributed by atoms with E-state index in [1.165, 1.54) is 0 Å². The molecule has 0 aliphatic carbocycles. The molecule has 3 aromatic heterocycles. The van der Waals surface area contributed by atoms with Crippen LogP contribution in [0.15, 0.2) is 79.6 Å². The molecule has 190 valence electrons. The van der Waals surface area contributed by atoms with E-state index in [4.69, 9.17) is 16.6 Å². The monoisotopic (exact) mass is 523 g/mol. The Bertz CT molecular complexity index is 1610. The first-order valence-corrected chi connectivity index (χ1v) is 12.9. The maximum Gasteiger partial charge on any atom is 0.227 e. The van der Waals surface area contributed by atoms with Gasteiger partial charge < -0.3 is 9.80 Å². The molecule has 0 atom stereocenters. The number of rotatable bonds is 5. The van der Waals surface area contributed by atoms with Gasteiger partial charge in [-0.1, -0.05) is 29.8 Å². The normalized spacial score (nSPS) is 13.7. The Hall–Kier alpha value is -4.30. The molecular formula is C29H26ClN7O. The van der Waals surface area contributed by atoms with Crippen LogP contribution in [-0.2, 0) is 18.3 Å². The van der Waals surface area contributed by atoms with Crippen molar-refractivity contribution < 1.29 is 4.79 Å². The van der Waals surface area contributed by atoms with Gasteiger partial charge in [0.25, 0.3) is 0 Å². The van der Waals surface area contributed by atoms with E-state index in [2.05, 4.69) is 38.2 Å². The van der Waals surface area contributed by atoms with Crippen molar-refractivity contribution in [2.75, 3.05) is 31.1 Å². The molecule has 1 amide bonds. The lowest BCUT2D eigenvalue weighted by Crippen LogP contribution is -2.49. The standard InChI is InChI=1S/C29H26ClN7O/c1-35-18-23(16-34-35)22-12-24(25-17-31-19-33-27(25)13-22)21-6-7-28(32-15-21)36-8-10-37(11-9-36)29(38)14-20-4-2-3-5-26(20)30/h2-7,12-13,15-19H,8-11,14H2,1H3. The number of halogens is 1. The van der Waals surface area contributed by atoms with Crippen LogP contribution in [0.25, 0.3) is 33.2 Å². The number of anilines is 1. The highest BCUT2D eigenvalue weighted by atomic mass is 35.5. The lowest BCUT2D eigenvalue weighted by molar-refractivity contribution is -0.130. The van der Waals surface area contributed by atoms with E-state index in [1.54, 1.807) is 11.0 Å². The highest BCUT2D eigenvalue weighted by Crippen LogP contribution is 2.33. The van der Waals surface area contributed by atoms with Gasteiger partial charge in [-0.05, 0) is 47.0 Å². The number of carbonyl (C=O) groups excluding carboxylic acids is 1. The Balaban J connectivity index is 1.18. The van der Waals surface area contributed by atoms with Gasteiger partial charge >= 0.3 is 0 Å². The fourth-order valence-electron chi connectivity index (χ4n) is 4.89. The highest BCUT2D eigenvalue weighted by molar-refractivity contribution is 6.31.